The molecule has 0 saturated carbocycles. The minimum absolute atomic E-state index is 0.135. The summed E-state index contributed by atoms with van der Waals surface area (Å²) in [5.74, 6) is -0.380. The first kappa shape index (κ1) is 19.8. The van der Waals surface area contributed by atoms with E-state index in [9.17, 15) is 14.7 Å². The number of nitrogens with zero attached hydrogens (tertiary/aromatic N) is 3. The monoisotopic (exact) mass is 405 g/mol. The molecule has 0 unspecified atom stereocenters. The molecule has 1 N–H and O–H groups in total. The van der Waals surface area contributed by atoms with Crippen LogP contribution in [0.4, 0.5) is 0 Å². The number of aliphatic hydroxyl groups excluding tert-OH is 1. The molecule has 6 nitrogen and oxygen atoms in total. The lowest BCUT2D eigenvalue weighted by Crippen LogP contribution is -2.81. The molecule has 152 valence electrons. The summed E-state index contributed by atoms with van der Waals surface area (Å²) in [5, 5.41) is 10.8. The van der Waals surface area contributed by atoms with Gasteiger partial charge in [0.1, 0.15) is 5.54 Å². The number of aliphatic hydroxyl groups is 1. The van der Waals surface area contributed by atoms with Crippen molar-refractivity contribution in [2.24, 2.45) is 5.41 Å². The molecule has 7 heteroatoms. The summed E-state index contributed by atoms with van der Waals surface area (Å²) in [5.41, 5.74) is 0.178. The maximum atomic E-state index is 13.5. The summed E-state index contributed by atoms with van der Waals surface area (Å²) in [6.07, 6.45) is -0.192. The molecule has 3 heterocycles. The van der Waals surface area contributed by atoms with Gasteiger partial charge in [-0.25, -0.2) is 0 Å². The van der Waals surface area contributed by atoms with Crippen LogP contribution in [0, 0.1) is 5.41 Å². The fourth-order valence-electron chi connectivity index (χ4n) is 4.91. The molecule has 1 spiro atoms. The first-order valence-corrected chi connectivity index (χ1v) is 10.2. The van der Waals surface area contributed by atoms with E-state index in [0.717, 1.165) is 12.1 Å². The topological polar surface area (TPSA) is 64.1 Å². The number of amides is 2. The van der Waals surface area contributed by atoms with Gasteiger partial charge in [-0.2, -0.15) is 0 Å². The lowest BCUT2D eigenvalue weighted by Gasteiger charge is -2.59. The third-order valence-electron chi connectivity index (χ3n) is 5.98. The lowest BCUT2D eigenvalue weighted by atomic mass is 9.80. The van der Waals surface area contributed by atoms with Gasteiger partial charge in [0.25, 0.3) is 5.91 Å². The van der Waals surface area contributed by atoms with Crippen LogP contribution in [0.25, 0.3) is 0 Å². The first-order valence-electron chi connectivity index (χ1n) is 9.87. The van der Waals surface area contributed by atoms with E-state index in [1.807, 2.05) is 23.1 Å². The SMILES string of the molecule is CC(C)(C)CN1CC2(C1)C(=O)N(Cc1ccccc1Cl)C(=O)[C@@H]1C[C@@H](O)CN12. The average molecular weight is 406 g/mol. The van der Waals surface area contributed by atoms with E-state index >= 15 is 0 Å². The van der Waals surface area contributed by atoms with Crippen molar-refractivity contribution in [1.29, 1.82) is 0 Å². The smallest absolute Gasteiger partial charge is 0.252 e. The molecule has 2 atom stereocenters. The summed E-state index contributed by atoms with van der Waals surface area (Å²) in [7, 11) is 0. The van der Waals surface area contributed by atoms with Crippen molar-refractivity contribution in [2.75, 3.05) is 26.2 Å². The van der Waals surface area contributed by atoms with Crippen molar-refractivity contribution < 1.29 is 14.7 Å². The average Bonchev–Trinajstić information content (AvgIpc) is 2.96. The fraction of sp³-hybridized carbons (Fsp3) is 0.619. The van der Waals surface area contributed by atoms with Crippen LogP contribution in [0.1, 0.15) is 32.8 Å². The Hall–Kier alpha value is -1.47. The zero-order valence-electron chi connectivity index (χ0n) is 16.7. The second-order valence-corrected chi connectivity index (χ2v) is 10.0. The van der Waals surface area contributed by atoms with Crippen molar-refractivity contribution in [3.63, 3.8) is 0 Å². The fourth-order valence-corrected chi connectivity index (χ4v) is 5.11. The molecule has 0 bridgehead atoms. The number of imide groups is 1. The molecule has 1 aromatic carbocycles. The molecular weight excluding hydrogens is 378 g/mol. The normalized spacial score (nSPS) is 28.0. The number of β-amino-alcohol motifs (C(OH)–C–C–N with tert-alkyl or cyclic N) is 1. The highest BCUT2D eigenvalue weighted by atomic mass is 35.5. The van der Waals surface area contributed by atoms with E-state index in [2.05, 4.69) is 25.7 Å². The second-order valence-electron chi connectivity index (χ2n) is 9.62. The van der Waals surface area contributed by atoms with Crippen LogP contribution in [0.3, 0.4) is 0 Å². The van der Waals surface area contributed by atoms with Crippen LogP contribution < -0.4 is 0 Å². The van der Waals surface area contributed by atoms with Gasteiger partial charge < -0.3 is 5.11 Å². The summed E-state index contributed by atoms with van der Waals surface area (Å²) in [4.78, 5) is 32.2. The van der Waals surface area contributed by atoms with E-state index in [-0.39, 0.29) is 23.8 Å². The molecule has 3 aliphatic rings. The van der Waals surface area contributed by atoms with Gasteiger partial charge in [-0.1, -0.05) is 50.6 Å². The van der Waals surface area contributed by atoms with Gasteiger partial charge in [-0.15, -0.1) is 0 Å². The van der Waals surface area contributed by atoms with Crippen molar-refractivity contribution >= 4 is 23.4 Å². The Bertz CT molecular complexity index is 800. The minimum Gasteiger partial charge on any atom is -0.392 e. The van der Waals surface area contributed by atoms with Crippen molar-refractivity contribution in [3.05, 3.63) is 34.9 Å². The van der Waals surface area contributed by atoms with E-state index in [4.69, 9.17) is 11.6 Å². The van der Waals surface area contributed by atoms with E-state index in [1.54, 1.807) is 6.07 Å². The third-order valence-corrected chi connectivity index (χ3v) is 6.35. The molecule has 0 aliphatic carbocycles. The number of halogens is 1. The standard InChI is InChI=1S/C21H28ClN3O3/c1-20(2,3)11-23-12-21(13-23)19(28)24(9-14-6-4-5-7-16(14)22)18(27)17-8-15(26)10-25(17)21/h4-7,15,17,26H,8-13H2,1-3H3/t15-,17+/m1/s1. The van der Waals surface area contributed by atoms with E-state index in [1.165, 1.54) is 4.90 Å². The van der Waals surface area contributed by atoms with Crippen molar-refractivity contribution in [1.82, 2.24) is 14.7 Å². The Morgan fingerprint density at radius 3 is 2.54 bits per heavy atom. The lowest BCUT2D eigenvalue weighted by molar-refractivity contribution is -0.181. The van der Waals surface area contributed by atoms with Gasteiger partial charge in [-0.05, 0) is 23.5 Å². The van der Waals surface area contributed by atoms with Crippen LogP contribution in [0.5, 0.6) is 0 Å². The Balaban J connectivity index is 1.62. The Kier molecular flexibility index (Phi) is 4.82. The number of rotatable bonds is 3. The number of carbonyl (C=O) groups is 2. The first-order chi connectivity index (χ1) is 13.1. The maximum absolute atomic E-state index is 13.5. The number of benzene rings is 1. The largest absolute Gasteiger partial charge is 0.392 e. The third kappa shape index (κ3) is 3.26. The van der Waals surface area contributed by atoms with Crippen LogP contribution in [-0.4, -0.2) is 75.5 Å². The van der Waals surface area contributed by atoms with Crippen LogP contribution >= 0.6 is 11.6 Å². The molecule has 28 heavy (non-hydrogen) atoms. The molecular formula is C21H28ClN3O3. The molecule has 3 fully saturated rings. The molecule has 3 saturated heterocycles. The number of fused-ring (bicyclic) bond motifs is 2. The molecule has 1 aromatic rings. The highest BCUT2D eigenvalue weighted by Gasteiger charge is 2.64. The minimum atomic E-state index is -0.720. The predicted molar refractivity (Wildman–Crippen MR) is 107 cm³/mol. The van der Waals surface area contributed by atoms with Gasteiger partial charge in [0.15, 0.2) is 0 Å². The Morgan fingerprint density at radius 1 is 1.21 bits per heavy atom. The maximum Gasteiger partial charge on any atom is 0.252 e. The Morgan fingerprint density at radius 2 is 1.89 bits per heavy atom. The highest BCUT2D eigenvalue weighted by Crippen LogP contribution is 2.41. The van der Waals surface area contributed by atoms with Crippen molar-refractivity contribution in [2.45, 2.75) is 51.4 Å². The summed E-state index contributed by atoms with van der Waals surface area (Å²) >= 11 is 6.28. The molecule has 0 radical (unpaired) electrons. The van der Waals surface area contributed by atoms with Gasteiger partial charge in [0.05, 0.1) is 18.7 Å². The number of piperazine rings is 1. The molecule has 4 rings (SSSR count). The highest BCUT2D eigenvalue weighted by molar-refractivity contribution is 6.31. The van der Waals surface area contributed by atoms with Gasteiger partial charge in [-0.3, -0.25) is 24.3 Å². The summed E-state index contributed by atoms with van der Waals surface area (Å²) in [6, 6.07) is 6.87. The zero-order chi connectivity index (χ0) is 20.3. The zero-order valence-corrected chi connectivity index (χ0v) is 17.4. The number of hydrogen-bond acceptors (Lipinski definition) is 5. The summed E-state index contributed by atoms with van der Waals surface area (Å²) < 4.78 is 0. The second kappa shape index (κ2) is 6.80. The van der Waals surface area contributed by atoms with Gasteiger partial charge in [0.2, 0.25) is 5.91 Å². The van der Waals surface area contributed by atoms with E-state index in [0.29, 0.717) is 31.1 Å². The Labute approximate surface area is 171 Å². The van der Waals surface area contributed by atoms with Gasteiger partial charge >= 0.3 is 0 Å². The van der Waals surface area contributed by atoms with Crippen molar-refractivity contribution in [3.8, 4) is 0 Å². The summed E-state index contributed by atoms with van der Waals surface area (Å²) in [6.45, 7) is 9.17. The quantitative estimate of drug-likeness (QED) is 0.776. The van der Waals surface area contributed by atoms with Crippen LogP contribution in [0.15, 0.2) is 24.3 Å². The van der Waals surface area contributed by atoms with Gasteiger partial charge in [0, 0.05) is 31.2 Å². The molecule has 2 amide bonds. The molecule has 0 aromatic heterocycles. The number of carbonyl (C=O) groups excluding carboxylic acids is 2. The number of likely N-dealkylation sites (tertiary alicyclic amines) is 1. The number of hydrogen-bond donors (Lipinski definition) is 1. The predicted octanol–water partition coefficient (Wildman–Crippen LogP) is 1.74. The molecule has 3 aliphatic heterocycles. The van der Waals surface area contributed by atoms with E-state index < -0.39 is 17.7 Å². The van der Waals surface area contributed by atoms with Crippen LogP contribution in [0.2, 0.25) is 5.02 Å². The van der Waals surface area contributed by atoms with Crippen LogP contribution in [-0.2, 0) is 16.1 Å².